The van der Waals surface area contributed by atoms with Crippen molar-refractivity contribution in [1.82, 2.24) is 10.3 Å². The Balaban J connectivity index is 2.41. The second-order valence-electron chi connectivity index (χ2n) is 7.12. The average molecular weight is 438 g/mol. The third-order valence-corrected chi connectivity index (χ3v) is 5.18. The summed E-state index contributed by atoms with van der Waals surface area (Å²) in [7, 11) is 2.58. The Morgan fingerprint density at radius 1 is 1.19 bits per heavy atom. The zero-order chi connectivity index (χ0) is 23.2. The molecule has 0 bridgehead atoms. The number of amides is 1. The molecule has 5 unspecified atom stereocenters. The minimum absolute atomic E-state index is 0.00451. The number of carbonyl (C=O) groups excluding carboxylic acids is 3. The standard InChI is InChI=1S/C20H26N2O9/c1-11(28-3)9-14-17(24)30-15(16(23)22-10-13-5-7-21-8-6-13)20(19(26)27,12(2)29-4)31-18(14)25/h5-8,11-12,14-15H,9-10H2,1-4H3,(H,22,23)(H,26,27). The van der Waals surface area contributed by atoms with Gasteiger partial charge in [0, 0.05) is 33.2 Å². The normalized spacial score (nSPS) is 25.5. The fourth-order valence-electron chi connectivity index (χ4n) is 3.13. The van der Waals surface area contributed by atoms with Crippen molar-refractivity contribution < 1.29 is 43.2 Å². The molecule has 31 heavy (non-hydrogen) atoms. The van der Waals surface area contributed by atoms with E-state index in [1.54, 1.807) is 19.1 Å². The van der Waals surface area contributed by atoms with E-state index >= 15 is 0 Å². The number of ether oxygens (including phenoxy) is 4. The lowest BCUT2D eigenvalue weighted by atomic mass is 9.89. The highest BCUT2D eigenvalue weighted by molar-refractivity contribution is 6.02. The van der Waals surface area contributed by atoms with Gasteiger partial charge < -0.3 is 29.4 Å². The molecule has 0 aliphatic carbocycles. The second kappa shape index (κ2) is 10.3. The van der Waals surface area contributed by atoms with Crippen LogP contribution in [0.3, 0.4) is 0 Å². The molecule has 1 aromatic heterocycles. The van der Waals surface area contributed by atoms with Gasteiger partial charge >= 0.3 is 17.9 Å². The molecule has 1 amide bonds. The van der Waals surface area contributed by atoms with E-state index in [1.165, 1.54) is 33.5 Å². The maximum atomic E-state index is 13.0. The van der Waals surface area contributed by atoms with E-state index < -0.39 is 53.6 Å². The molecule has 1 aliphatic rings. The zero-order valence-electron chi connectivity index (χ0n) is 17.7. The summed E-state index contributed by atoms with van der Waals surface area (Å²) in [4.78, 5) is 54.5. The number of aromatic nitrogens is 1. The van der Waals surface area contributed by atoms with Crippen molar-refractivity contribution in [3.63, 3.8) is 0 Å². The van der Waals surface area contributed by atoms with Crippen molar-refractivity contribution in [3.8, 4) is 0 Å². The number of nitrogens with one attached hydrogen (secondary N) is 1. The van der Waals surface area contributed by atoms with Crippen LogP contribution in [0.1, 0.15) is 25.8 Å². The number of carbonyl (C=O) groups is 4. The van der Waals surface area contributed by atoms with Gasteiger partial charge in [-0.2, -0.15) is 0 Å². The van der Waals surface area contributed by atoms with Crippen molar-refractivity contribution in [2.24, 2.45) is 5.92 Å². The molecule has 11 nitrogen and oxygen atoms in total. The molecular weight excluding hydrogens is 412 g/mol. The molecule has 1 saturated heterocycles. The van der Waals surface area contributed by atoms with E-state index in [0.717, 1.165) is 0 Å². The topological polar surface area (TPSA) is 150 Å². The Labute approximate surface area is 179 Å². The van der Waals surface area contributed by atoms with Crippen LogP contribution in [0.5, 0.6) is 0 Å². The van der Waals surface area contributed by atoms with E-state index in [4.69, 9.17) is 18.9 Å². The summed E-state index contributed by atoms with van der Waals surface area (Å²) < 4.78 is 20.7. The third-order valence-electron chi connectivity index (χ3n) is 5.18. The van der Waals surface area contributed by atoms with Gasteiger partial charge in [-0.1, -0.05) is 0 Å². The molecule has 0 aromatic carbocycles. The Hall–Kier alpha value is -3.05. The minimum Gasteiger partial charge on any atom is -0.478 e. The highest BCUT2D eigenvalue weighted by Crippen LogP contribution is 2.33. The number of hydrogen-bond acceptors (Lipinski definition) is 9. The largest absolute Gasteiger partial charge is 0.478 e. The first-order valence-corrected chi connectivity index (χ1v) is 9.56. The van der Waals surface area contributed by atoms with Crippen molar-refractivity contribution in [1.29, 1.82) is 0 Å². The van der Waals surface area contributed by atoms with Crippen LogP contribution in [0, 0.1) is 5.92 Å². The van der Waals surface area contributed by atoms with Crippen LogP contribution in [-0.2, 0) is 44.7 Å². The predicted molar refractivity (Wildman–Crippen MR) is 103 cm³/mol. The van der Waals surface area contributed by atoms with Crippen LogP contribution in [0.4, 0.5) is 0 Å². The van der Waals surface area contributed by atoms with Gasteiger partial charge in [-0.3, -0.25) is 19.4 Å². The number of rotatable bonds is 9. The van der Waals surface area contributed by atoms with Gasteiger partial charge in [0.05, 0.1) is 6.10 Å². The number of nitrogens with zero attached hydrogens (tertiary/aromatic N) is 1. The maximum absolute atomic E-state index is 13.0. The molecule has 1 aliphatic heterocycles. The van der Waals surface area contributed by atoms with Crippen LogP contribution in [0.2, 0.25) is 0 Å². The van der Waals surface area contributed by atoms with Gasteiger partial charge in [-0.15, -0.1) is 0 Å². The molecule has 170 valence electrons. The SMILES string of the molecule is COC(C)CC1C(=O)OC(C(=O)NCc2ccncc2)C(C(=O)O)(C(C)OC)OC1=O. The van der Waals surface area contributed by atoms with E-state index in [2.05, 4.69) is 10.3 Å². The van der Waals surface area contributed by atoms with Gasteiger partial charge in [-0.05, 0) is 38.0 Å². The van der Waals surface area contributed by atoms with Crippen LogP contribution in [0.15, 0.2) is 24.5 Å². The molecule has 0 saturated carbocycles. The third kappa shape index (κ3) is 5.17. The van der Waals surface area contributed by atoms with Crippen LogP contribution in [-0.4, -0.2) is 72.0 Å². The minimum atomic E-state index is -2.59. The molecule has 2 rings (SSSR count). The highest BCUT2D eigenvalue weighted by Gasteiger charge is 2.63. The summed E-state index contributed by atoms with van der Waals surface area (Å²) >= 11 is 0. The maximum Gasteiger partial charge on any atom is 0.355 e. The average Bonchev–Trinajstić information content (AvgIpc) is 2.87. The Bertz CT molecular complexity index is 816. The lowest BCUT2D eigenvalue weighted by molar-refractivity contribution is -0.211. The van der Waals surface area contributed by atoms with E-state index in [9.17, 15) is 24.3 Å². The number of hydrogen-bond donors (Lipinski definition) is 2. The van der Waals surface area contributed by atoms with Crippen LogP contribution >= 0.6 is 0 Å². The fourth-order valence-corrected chi connectivity index (χ4v) is 3.13. The van der Waals surface area contributed by atoms with Gasteiger partial charge in [-0.25, -0.2) is 4.79 Å². The summed E-state index contributed by atoms with van der Waals surface area (Å²) in [6, 6.07) is 3.29. The van der Waals surface area contributed by atoms with E-state index in [1.807, 2.05) is 0 Å². The number of carboxylic acid groups (broad SMARTS) is 1. The Kier molecular flexibility index (Phi) is 8.06. The summed E-state index contributed by atoms with van der Waals surface area (Å²) in [5, 5.41) is 12.5. The smallest absolute Gasteiger partial charge is 0.355 e. The van der Waals surface area contributed by atoms with E-state index in [0.29, 0.717) is 5.56 Å². The number of methoxy groups -OCH3 is 2. The molecule has 1 fully saturated rings. The second-order valence-corrected chi connectivity index (χ2v) is 7.12. The van der Waals surface area contributed by atoms with Gasteiger partial charge in [0.25, 0.3) is 11.5 Å². The van der Waals surface area contributed by atoms with Crippen molar-refractivity contribution >= 4 is 23.8 Å². The van der Waals surface area contributed by atoms with Gasteiger partial charge in [0.1, 0.15) is 6.10 Å². The Morgan fingerprint density at radius 2 is 1.84 bits per heavy atom. The van der Waals surface area contributed by atoms with E-state index in [-0.39, 0.29) is 13.0 Å². The molecule has 0 spiro atoms. The lowest BCUT2D eigenvalue weighted by Crippen LogP contribution is -2.64. The quantitative estimate of drug-likeness (QED) is 0.400. The fraction of sp³-hybridized carbons (Fsp3) is 0.550. The van der Waals surface area contributed by atoms with Gasteiger partial charge in [0.15, 0.2) is 5.92 Å². The lowest BCUT2D eigenvalue weighted by Gasteiger charge is -2.36. The van der Waals surface area contributed by atoms with Gasteiger partial charge in [0.2, 0.25) is 6.10 Å². The molecule has 0 radical (unpaired) electrons. The molecular formula is C20H26N2O9. The summed E-state index contributed by atoms with van der Waals surface area (Å²) in [5.41, 5.74) is -1.91. The first kappa shape index (κ1) is 24.2. The number of esters is 2. The summed E-state index contributed by atoms with van der Waals surface area (Å²) in [6.07, 6.45) is -0.911. The number of pyridine rings is 1. The molecule has 11 heteroatoms. The van der Waals surface area contributed by atoms with Crippen molar-refractivity contribution in [2.45, 2.75) is 50.7 Å². The van der Waals surface area contributed by atoms with Crippen molar-refractivity contribution in [3.05, 3.63) is 30.1 Å². The van der Waals surface area contributed by atoms with Crippen LogP contribution in [0.25, 0.3) is 0 Å². The number of aliphatic carboxylic acids is 1. The zero-order valence-corrected chi connectivity index (χ0v) is 17.7. The highest BCUT2D eigenvalue weighted by atomic mass is 16.6. The van der Waals surface area contributed by atoms with Crippen LogP contribution < -0.4 is 5.32 Å². The predicted octanol–water partition coefficient (Wildman–Crippen LogP) is 0.0659. The summed E-state index contributed by atoms with van der Waals surface area (Å²) in [5.74, 6) is -6.32. The molecule has 1 aromatic rings. The van der Waals surface area contributed by atoms with Crippen molar-refractivity contribution in [2.75, 3.05) is 14.2 Å². The number of carboxylic acids is 1. The first-order chi connectivity index (χ1) is 14.7. The number of cyclic esters (lactones) is 2. The summed E-state index contributed by atoms with van der Waals surface area (Å²) in [6.45, 7) is 2.92. The monoisotopic (exact) mass is 438 g/mol. The molecule has 2 heterocycles. The Morgan fingerprint density at radius 3 is 2.39 bits per heavy atom. The first-order valence-electron chi connectivity index (χ1n) is 9.56. The molecule has 5 atom stereocenters. The molecule has 2 N–H and O–H groups in total.